The molecule has 0 aromatic heterocycles. The van der Waals surface area contributed by atoms with Crippen LogP contribution in [-0.2, 0) is 14.3 Å². The lowest BCUT2D eigenvalue weighted by molar-refractivity contribution is -0.153. The summed E-state index contributed by atoms with van der Waals surface area (Å²) in [5.41, 5.74) is -0.125. The van der Waals surface area contributed by atoms with Crippen molar-refractivity contribution >= 4 is 40.8 Å². The maximum absolute atomic E-state index is 12.6. The predicted molar refractivity (Wildman–Crippen MR) is 85.1 cm³/mol. The van der Waals surface area contributed by atoms with E-state index in [2.05, 4.69) is 5.32 Å². The third-order valence-corrected chi connectivity index (χ3v) is 5.08. The maximum Gasteiger partial charge on any atom is 0.307 e. The van der Waals surface area contributed by atoms with E-state index in [9.17, 15) is 9.59 Å². The van der Waals surface area contributed by atoms with Crippen molar-refractivity contribution in [3.63, 3.8) is 0 Å². The average molecular weight is 342 g/mol. The second-order valence-electron chi connectivity index (χ2n) is 5.97. The summed E-state index contributed by atoms with van der Waals surface area (Å²) < 4.78 is 5.56. The van der Waals surface area contributed by atoms with Gasteiger partial charge in [0.1, 0.15) is 5.60 Å². The highest BCUT2D eigenvalue weighted by molar-refractivity contribution is 6.36. The van der Waals surface area contributed by atoms with Gasteiger partial charge in [0, 0.05) is 5.02 Å². The van der Waals surface area contributed by atoms with Crippen LogP contribution in [0.15, 0.2) is 18.2 Å². The summed E-state index contributed by atoms with van der Waals surface area (Å²) in [5, 5.41) is 3.69. The fourth-order valence-corrected chi connectivity index (χ4v) is 3.89. The molecule has 2 aliphatic rings. The average Bonchev–Trinajstić information content (AvgIpc) is 2.79. The summed E-state index contributed by atoms with van der Waals surface area (Å²) in [6.45, 7) is 0. The number of esters is 1. The van der Waals surface area contributed by atoms with Crippen LogP contribution in [-0.4, -0.2) is 17.5 Å². The maximum atomic E-state index is 12.6. The molecule has 4 nitrogen and oxygen atoms in total. The van der Waals surface area contributed by atoms with Crippen molar-refractivity contribution in [2.45, 2.75) is 44.1 Å². The number of rotatable bonds is 2. The highest BCUT2D eigenvalue weighted by Gasteiger charge is 2.52. The Morgan fingerprint density at radius 2 is 1.95 bits per heavy atom. The summed E-state index contributed by atoms with van der Waals surface area (Å²) in [7, 11) is 0. The van der Waals surface area contributed by atoms with E-state index in [4.69, 9.17) is 27.9 Å². The molecule has 1 aromatic rings. The SMILES string of the molecule is O=C1C[C@H](C(=O)Nc2ccc(Cl)cc2Cl)C2(CCCCC2)O1. The summed E-state index contributed by atoms with van der Waals surface area (Å²) in [6.07, 6.45) is 4.74. The summed E-state index contributed by atoms with van der Waals surface area (Å²) >= 11 is 11.9. The molecule has 1 aromatic carbocycles. The number of halogens is 2. The molecule has 1 atom stereocenters. The number of nitrogens with one attached hydrogen (secondary N) is 1. The zero-order valence-electron chi connectivity index (χ0n) is 12.0. The van der Waals surface area contributed by atoms with Gasteiger partial charge >= 0.3 is 5.97 Å². The molecule has 0 radical (unpaired) electrons. The van der Waals surface area contributed by atoms with Crippen molar-refractivity contribution < 1.29 is 14.3 Å². The first-order valence-electron chi connectivity index (χ1n) is 7.48. The molecule has 1 spiro atoms. The molecule has 1 amide bonds. The third kappa shape index (κ3) is 2.95. The largest absolute Gasteiger partial charge is 0.458 e. The lowest BCUT2D eigenvalue weighted by Gasteiger charge is -2.36. The number of hydrogen-bond donors (Lipinski definition) is 1. The van der Waals surface area contributed by atoms with Gasteiger partial charge in [-0.05, 0) is 43.9 Å². The second kappa shape index (κ2) is 6.09. The molecule has 3 rings (SSSR count). The molecule has 2 fully saturated rings. The van der Waals surface area contributed by atoms with E-state index in [1.807, 2.05) is 0 Å². The molecule has 0 bridgehead atoms. The molecule has 0 unspecified atom stereocenters. The van der Waals surface area contributed by atoms with E-state index >= 15 is 0 Å². The zero-order valence-corrected chi connectivity index (χ0v) is 13.5. The first kappa shape index (κ1) is 15.6. The van der Waals surface area contributed by atoms with Crippen LogP contribution in [0.2, 0.25) is 10.0 Å². The Labute approximate surface area is 139 Å². The Morgan fingerprint density at radius 3 is 2.64 bits per heavy atom. The topological polar surface area (TPSA) is 55.4 Å². The normalized spacial score (nSPS) is 23.4. The van der Waals surface area contributed by atoms with E-state index in [0.29, 0.717) is 15.7 Å². The van der Waals surface area contributed by atoms with Crippen LogP contribution in [0.3, 0.4) is 0 Å². The van der Waals surface area contributed by atoms with Crippen molar-refractivity contribution in [2.24, 2.45) is 5.92 Å². The number of amides is 1. The zero-order chi connectivity index (χ0) is 15.7. The molecule has 1 aliphatic heterocycles. The second-order valence-corrected chi connectivity index (χ2v) is 6.81. The van der Waals surface area contributed by atoms with Crippen LogP contribution in [0.1, 0.15) is 38.5 Å². The Balaban J connectivity index is 1.79. The monoisotopic (exact) mass is 341 g/mol. The van der Waals surface area contributed by atoms with E-state index in [1.54, 1.807) is 18.2 Å². The Hall–Kier alpha value is -1.26. The summed E-state index contributed by atoms with van der Waals surface area (Å²) in [4.78, 5) is 24.4. The van der Waals surface area contributed by atoms with Crippen LogP contribution in [0.5, 0.6) is 0 Å². The molecule has 1 saturated heterocycles. The van der Waals surface area contributed by atoms with Gasteiger partial charge in [0.2, 0.25) is 5.91 Å². The van der Waals surface area contributed by atoms with Crippen molar-refractivity contribution in [3.8, 4) is 0 Å². The third-order valence-electron chi connectivity index (χ3n) is 4.53. The van der Waals surface area contributed by atoms with E-state index in [0.717, 1.165) is 32.1 Å². The number of carbonyl (C=O) groups excluding carboxylic acids is 2. The van der Waals surface area contributed by atoms with Gasteiger partial charge in [0.15, 0.2) is 0 Å². The van der Waals surface area contributed by atoms with Crippen molar-refractivity contribution in [1.82, 2.24) is 0 Å². The van der Waals surface area contributed by atoms with Gasteiger partial charge in [-0.2, -0.15) is 0 Å². The number of ether oxygens (including phenoxy) is 1. The summed E-state index contributed by atoms with van der Waals surface area (Å²) in [6, 6.07) is 4.90. The summed E-state index contributed by atoms with van der Waals surface area (Å²) in [5.74, 6) is -0.951. The van der Waals surface area contributed by atoms with Crippen molar-refractivity contribution in [1.29, 1.82) is 0 Å². The van der Waals surface area contributed by atoms with Crippen LogP contribution < -0.4 is 5.32 Å². The minimum atomic E-state index is -0.627. The molecular formula is C16H17Cl2NO3. The molecule has 1 saturated carbocycles. The van der Waals surface area contributed by atoms with Crippen molar-refractivity contribution in [3.05, 3.63) is 28.2 Å². The van der Waals surface area contributed by atoms with Gasteiger partial charge in [0.05, 0.1) is 23.0 Å². The molecule has 1 heterocycles. The number of carbonyl (C=O) groups is 2. The van der Waals surface area contributed by atoms with E-state index < -0.39 is 11.5 Å². The van der Waals surface area contributed by atoms with Crippen molar-refractivity contribution in [2.75, 3.05) is 5.32 Å². The van der Waals surface area contributed by atoms with Gasteiger partial charge in [0.25, 0.3) is 0 Å². The number of hydrogen-bond acceptors (Lipinski definition) is 3. The quantitative estimate of drug-likeness (QED) is 0.820. The molecule has 6 heteroatoms. The fraction of sp³-hybridized carbons (Fsp3) is 0.500. The minimum absolute atomic E-state index is 0.136. The first-order chi connectivity index (χ1) is 10.5. The van der Waals surface area contributed by atoms with Gasteiger partial charge in [-0.1, -0.05) is 29.6 Å². The first-order valence-corrected chi connectivity index (χ1v) is 8.23. The fourth-order valence-electron chi connectivity index (χ4n) is 3.44. The highest BCUT2D eigenvalue weighted by atomic mass is 35.5. The van der Waals surface area contributed by atoms with E-state index in [-0.39, 0.29) is 18.3 Å². The lowest BCUT2D eigenvalue weighted by Crippen LogP contribution is -2.43. The standard InChI is InChI=1S/C16H17Cl2NO3/c17-10-4-5-13(12(18)8-10)19-15(21)11-9-14(20)22-16(11)6-2-1-3-7-16/h4-5,8,11H,1-3,6-7,9H2,(H,19,21)/t11-/m1/s1. The van der Waals surface area contributed by atoms with Crippen LogP contribution in [0.4, 0.5) is 5.69 Å². The smallest absolute Gasteiger partial charge is 0.307 e. The molecule has 118 valence electrons. The van der Waals surface area contributed by atoms with Gasteiger partial charge < -0.3 is 10.1 Å². The molecule has 1 aliphatic carbocycles. The Kier molecular flexibility index (Phi) is 4.33. The molecular weight excluding hydrogens is 325 g/mol. The lowest BCUT2D eigenvalue weighted by atomic mass is 9.75. The Bertz CT molecular complexity index is 611. The molecule has 22 heavy (non-hydrogen) atoms. The van der Waals surface area contributed by atoms with Gasteiger partial charge in [-0.15, -0.1) is 0 Å². The number of benzene rings is 1. The Morgan fingerprint density at radius 1 is 1.23 bits per heavy atom. The number of anilines is 1. The van der Waals surface area contributed by atoms with E-state index in [1.165, 1.54) is 0 Å². The van der Waals surface area contributed by atoms with Crippen LogP contribution in [0, 0.1) is 5.92 Å². The minimum Gasteiger partial charge on any atom is -0.458 e. The molecule has 1 N–H and O–H groups in total. The van der Waals surface area contributed by atoms with Gasteiger partial charge in [-0.25, -0.2) is 0 Å². The van der Waals surface area contributed by atoms with Gasteiger partial charge in [-0.3, -0.25) is 9.59 Å². The highest BCUT2D eigenvalue weighted by Crippen LogP contribution is 2.44. The van der Waals surface area contributed by atoms with Crippen LogP contribution in [0.25, 0.3) is 0 Å². The predicted octanol–water partition coefficient (Wildman–Crippen LogP) is 4.20. The van der Waals surface area contributed by atoms with Crippen LogP contribution >= 0.6 is 23.2 Å².